The summed E-state index contributed by atoms with van der Waals surface area (Å²) in [4.78, 5) is 18.9. The number of ether oxygens (including phenoxy) is 1. The molecule has 23 heavy (non-hydrogen) atoms. The van der Waals surface area contributed by atoms with Crippen LogP contribution in [0.3, 0.4) is 0 Å². The Morgan fingerprint density at radius 2 is 1.83 bits per heavy atom. The van der Waals surface area contributed by atoms with Crippen LogP contribution < -0.4 is 0 Å². The quantitative estimate of drug-likeness (QED) is 0.669. The molecule has 134 valence electrons. The highest BCUT2D eigenvalue weighted by molar-refractivity contribution is 7.98. The predicted octanol–water partition coefficient (Wildman–Crippen LogP) is 1.59. The second-order valence-corrected chi connectivity index (χ2v) is 7.93. The summed E-state index contributed by atoms with van der Waals surface area (Å²) >= 11 is 1.90. The summed E-state index contributed by atoms with van der Waals surface area (Å²) in [7, 11) is 1.93. The van der Waals surface area contributed by atoms with Gasteiger partial charge in [-0.1, -0.05) is 13.8 Å². The van der Waals surface area contributed by atoms with Crippen molar-refractivity contribution in [1.82, 2.24) is 14.7 Å². The maximum Gasteiger partial charge on any atom is 0.225 e. The Bertz CT molecular complexity index is 367. The van der Waals surface area contributed by atoms with Gasteiger partial charge in [0.2, 0.25) is 5.91 Å². The first-order valence-electron chi connectivity index (χ1n) is 8.83. The number of amides is 1. The van der Waals surface area contributed by atoms with Crippen molar-refractivity contribution in [3.8, 4) is 0 Å². The molecule has 1 saturated carbocycles. The second kappa shape index (κ2) is 9.25. The molecule has 0 aromatic rings. The third-order valence-corrected chi connectivity index (χ3v) is 5.62. The van der Waals surface area contributed by atoms with E-state index in [1.165, 1.54) is 13.1 Å². The molecule has 0 bridgehead atoms. The van der Waals surface area contributed by atoms with Crippen LogP contribution in [0.1, 0.15) is 26.7 Å². The molecule has 1 aliphatic carbocycles. The van der Waals surface area contributed by atoms with E-state index in [0.29, 0.717) is 12.1 Å². The van der Waals surface area contributed by atoms with Gasteiger partial charge in [-0.3, -0.25) is 14.6 Å². The fraction of sp³-hybridized carbons (Fsp3) is 0.941. The summed E-state index contributed by atoms with van der Waals surface area (Å²) in [6.07, 6.45) is 4.51. The highest BCUT2D eigenvalue weighted by atomic mass is 32.2. The van der Waals surface area contributed by atoms with Crippen molar-refractivity contribution in [2.24, 2.45) is 5.92 Å². The van der Waals surface area contributed by atoms with Gasteiger partial charge in [0.1, 0.15) is 0 Å². The van der Waals surface area contributed by atoms with E-state index >= 15 is 0 Å². The lowest BCUT2D eigenvalue weighted by Gasteiger charge is -2.42. The van der Waals surface area contributed by atoms with Gasteiger partial charge in [-0.05, 0) is 19.1 Å². The second-order valence-electron chi connectivity index (χ2n) is 7.10. The largest absolute Gasteiger partial charge is 0.377 e. The number of carbonyl (C=O) groups excluding carboxylic acids is 1. The minimum atomic E-state index is 0.0877. The van der Waals surface area contributed by atoms with E-state index in [1.54, 1.807) is 0 Å². The molecule has 2 aliphatic rings. The fourth-order valence-electron chi connectivity index (χ4n) is 3.25. The van der Waals surface area contributed by atoms with Crippen molar-refractivity contribution in [2.45, 2.75) is 38.8 Å². The molecule has 6 heteroatoms. The van der Waals surface area contributed by atoms with Gasteiger partial charge >= 0.3 is 0 Å². The molecule has 1 heterocycles. The molecule has 1 aliphatic heterocycles. The van der Waals surface area contributed by atoms with E-state index in [0.717, 1.165) is 45.0 Å². The van der Waals surface area contributed by atoms with E-state index in [9.17, 15) is 4.79 Å². The van der Waals surface area contributed by atoms with Crippen LogP contribution in [0.25, 0.3) is 0 Å². The Labute approximate surface area is 145 Å². The minimum absolute atomic E-state index is 0.0877. The first-order valence-corrected chi connectivity index (χ1v) is 10.2. The standard InChI is InChI=1S/C17H33N3O2S/c1-14(2)17(21)18(3)15-11-16(12-15)22-10-9-19-5-7-20(8-6-19)13-23-4/h14-16H,5-13H2,1-4H3. The number of piperazine rings is 1. The Morgan fingerprint density at radius 1 is 1.22 bits per heavy atom. The highest BCUT2D eigenvalue weighted by Crippen LogP contribution is 2.28. The maximum atomic E-state index is 12.0. The van der Waals surface area contributed by atoms with Crippen molar-refractivity contribution in [3.05, 3.63) is 0 Å². The highest BCUT2D eigenvalue weighted by Gasteiger charge is 2.35. The van der Waals surface area contributed by atoms with Crippen LogP contribution in [0.4, 0.5) is 0 Å². The van der Waals surface area contributed by atoms with E-state index in [4.69, 9.17) is 4.74 Å². The molecule has 0 unspecified atom stereocenters. The molecule has 1 amide bonds. The van der Waals surface area contributed by atoms with E-state index in [1.807, 2.05) is 37.6 Å². The average Bonchev–Trinajstić information content (AvgIpc) is 2.50. The number of rotatable bonds is 8. The summed E-state index contributed by atoms with van der Waals surface area (Å²) in [5, 5.41) is 0. The molecule has 2 rings (SSSR count). The molecule has 5 nitrogen and oxygen atoms in total. The zero-order chi connectivity index (χ0) is 16.8. The van der Waals surface area contributed by atoms with Crippen molar-refractivity contribution in [3.63, 3.8) is 0 Å². The molecule has 0 atom stereocenters. The lowest BCUT2D eigenvalue weighted by molar-refractivity contribution is -0.140. The third kappa shape index (κ3) is 5.62. The van der Waals surface area contributed by atoms with Crippen molar-refractivity contribution in [2.75, 3.05) is 58.5 Å². The first kappa shape index (κ1) is 19.0. The summed E-state index contributed by atoms with van der Waals surface area (Å²) in [6.45, 7) is 10.4. The van der Waals surface area contributed by atoms with E-state index in [-0.39, 0.29) is 11.8 Å². The predicted molar refractivity (Wildman–Crippen MR) is 96.8 cm³/mol. The average molecular weight is 344 g/mol. The van der Waals surface area contributed by atoms with Crippen LogP contribution in [0.5, 0.6) is 0 Å². The first-order chi connectivity index (χ1) is 11.0. The summed E-state index contributed by atoms with van der Waals surface area (Å²) < 4.78 is 5.98. The van der Waals surface area contributed by atoms with Crippen molar-refractivity contribution >= 4 is 17.7 Å². The SMILES string of the molecule is CSCN1CCN(CCOC2CC(N(C)C(=O)C(C)C)C2)CC1. The molecule has 1 saturated heterocycles. The van der Waals surface area contributed by atoms with Gasteiger partial charge in [0.25, 0.3) is 0 Å². The molecule has 0 aromatic carbocycles. The molecular weight excluding hydrogens is 310 g/mol. The molecule has 0 aromatic heterocycles. The molecule has 0 N–H and O–H groups in total. The topological polar surface area (TPSA) is 36.0 Å². The van der Waals surface area contributed by atoms with Gasteiger partial charge < -0.3 is 9.64 Å². The van der Waals surface area contributed by atoms with E-state index < -0.39 is 0 Å². The van der Waals surface area contributed by atoms with Gasteiger partial charge in [-0.15, -0.1) is 11.8 Å². The number of hydrogen-bond donors (Lipinski definition) is 0. The summed E-state index contributed by atoms with van der Waals surface area (Å²) in [5.41, 5.74) is 0. The minimum Gasteiger partial charge on any atom is -0.377 e. The number of nitrogens with zero attached hydrogens (tertiary/aromatic N) is 3. The number of thioether (sulfide) groups is 1. The van der Waals surface area contributed by atoms with Crippen LogP contribution in [0.15, 0.2) is 0 Å². The van der Waals surface area contributed by atoms with Gasteiger partial charge in [-0.2, -0.15) is 0 Å². The van der Waals surface area contributed by atoms with Gasteiger partial charge in [0, 0.05) is 57.6 Å². The fourth-order valence-corrected chi connectivity index (χ4v) is 3.87. The van der Waals surface area contributed by atoms with Crippen LogP contribution in [0, 0.1) is 5.92 Å². The Hall–Kier alpha value is -0.300. The summed E-state index contributed by atoms with van der Waals surface area (Å²) in [5.74, 6) is 1.48. The van der Waals surface area contributed by atoms with Crippen LogP contribution in [-0.4, -0.2) is 91.3 Å². The Kier molecular flexibility index (Phi) is 7.66. The molecular formula is C17H33N3O2S. The van der Waals surface area contributed by atoms with Crippen molar-refractivity contribution in [1.29, 1.82) is 0 Å². The maximum absolute atomic E-state index is 12.0. The van der Waals surface area contributed by atoms with Crippen molar-refractivity contribution < 1.29 is 9.53 Å². The zero-order valence-electron chi connectivity index (χ0n) is 15.2. The van der Waals surface area contributed by atoms with Crippen LogP contribution in [0.2, 0.25) is 0 Å². The van der Waals surface area contributed by atoms with Gasteiger partial charge in [-0.25, -0.2) is 0 Å². The third-order valence-electron chi connectivity index (χ3n) is 5.00. The van der Waals surface area contributed by atoms with E-state index in [2.05, 4.69) is 16.1 Å². The van der Waals surface area contributed by atoms with Crippen LogP contribution >= 0.6 is 11.8 Å². The molecule has 0 radical (unpaired) electrons. The Morgan fingerprint density at radius 3 is 2.39 bits per heavy atom. The van der Waals surface area contributed by atoms with Gasteiger partial charge in [0.15, 0.2) is 0 Å². The molecule has 0 spiro atoms. The monoisotopic (exact) mass is 343 g/mol. The normalized spacial score (nSPS) is 26.3. The van der Waals surface area contributed by atoms with Gasteiger partial charge in [0.05, 0.1) is 12.7 Å². The van der Waals surface area contributed by atoms with Crippen LogP contribution in [-0.2, 0) is 9.53 Å². The zero-order valence-corrected chi connectivity index (χ0v) is 16.0. The molecule has 2 fully saturated rings. The number of hydrogen-bond acceptors (Lipinski definition) is 5. The summed E-state index contributed by atoms with van der Waals surface area (Å²) in [6, 6.07) is 0.380. The lowest BCUT2D eigenvalue weighted by atomic mass is 9.87. The number of carbonyl (C=O) groups is 1. The Balaban J connectivity index is 1.53. The smallest absolute Gasteiger partial charge is 0.225 e. The lowest BCUT2D eigenvalue weighted by Crippen LogP contribution is -2.50.